The van der Waals surface area contributed by atoms with Gasteiger partial charge < -0.3 is 4.98 Å². The van der Waals surface area contributed by atoms with Gasteiger partial charge in [-0.05, 0) is 36.4 Å². The number of nitrogens with one attached hydrogen (secondary N) is 1. The number of rotatable bonds is 6. The van der Waals surface area contributed by atoms with Crippen LogP contribution in [0.3, 0.4) is 0 Å². The molecular weight excluding hydrogens is 443 g/mol. The average molecular weight is 459 g/mol. The van der Waals surface area contributed by atoms with E-state index in [1.165, 1.54) is 0 Å². The van der Waals surface area contributed by atoms with Crippen LogP contribution in [0.4, 0.5) is 19.1 Å². The van der Waals surface area contributed by atoms with Gasteiger partial charge in [-0.25, -0.2) is 17.7 Å². The van der Waals surface area contributed by atoms with E-state index in [-0.39, 0.29) is 11.5 Å². The third-order valence-corrected chi connectivity index (χ3v) is 6.52. The molecule has 4 aromatic rings. The number of ketones is 1. The molecule has 32 heavy (non-hydrogen) atoms. The number of hydrogen-bond donors (Lipinski definition) is 1. The van der Waals surface area contributed by atoms with Crippen LogP contribution in [-0.2, 0) is 16.2 Å². The summed E-state index contributed by atoms with van der Waals surface area (Å²) in [6, 6.07) is 18.0. The Hall–Kier alpha value is -3.66. The fourth-order valence-electron chi connectivity index (χ4n) is 3.12. The van der Waals surface area contributed by atoms with Crippen LogP contribution in [0, 0.1) is 0 Å². The van der Waals surface area contributed by atoms with Crippen molar-refractivity contribution in [2.45, 2.75) is 11.1 Å². The molecule has 10 heteroatoms. The quantitative estimate of drug-likeness (QED) is 0.425. The highest BCUT2D eigenvalue weighted by atomic mass is 32.2. The number of hydrogen-bond acceptors (Lipinski definition) is 4. The number of benzene rings is 3. The smallest absolute Gasteiger partial charge is 0.323 e. The van der Waals surface area contributed by atoms with Crippen LogP contribution < -0.4 is 4.31 Å². The maximum atomic E-state index is 13.4. The average Bonchev–Trinajstić information content (AvgIpc) is 3.21. The Bertz CT molecular complexity index is 1330. The molecule has 0 saturated carbocycles. The van der Waals surface area contributed by atoms with Crippen molar-refractivity contribution in [3.05, 3.63) is 90.0 Å². The zero-order valence-corrected chi connectivity index (χ0v) is 17.2. The van der Waals surface area contributed by atoms with Crippen LogP contribution >= 0.6 is 0 Å². The van der Waals surface area contributed by atoms with Gasteiger partial charge in [-0.2, -0.15) is 13.2 Å². The summed E-state index contributed by atoms with van der Waals surface area (Å²) in [5, 5.41) is 0. The van der Waals surface area contributed by atoms with Crippen LogP contribution in [0.25, 0.3) is 11.0 Å². The first-order valence-electron chi connectivity index (χ1n) is 9.39. The Morgan fingerprint density at radius 3 is 2.16 bits per heavy atom. The monoisotopic (exact) mass is 459 g/mol. The van der Waals surface area contributed by atoms with E-state index in [9.17, 15) is 26.4 Å². The lowest BCUT2D eigenvalue weighted by atomic mass is 10.1. The highest BCUT2D eigenvalue weighted by molar-refractivity contribution is 7.92. The number of Topliss-reactive ketones (excluding diaryl/α,β-unsaturated/α-hetero) is 1. The van der Waals surface area contributed by atoms with E-state index in [1.54, 1.807) is 54.6 Å². The highest BCUT2D eigenvalue weighted by Crippen LogP contribution is 2.31. The summed E-state index contributed by atoms with van der Waals surface area (Å²) in [7, 11) is -4.42. The van der Waals surface area contributed by atoms with E-state index in [4.69, 9.17) is 0 Å². The summed E-state index contributed by atoms with van der Waals surface area (Å²) in [5.74, 6) is -0.614. The molecule has 1 heterocycles. The maximum Gasteiger partial charge on any atom is 0.416 e. The molecule has 164 valence electrons. The van der Waals surface area contributed by atoms with Gasteiger partial charge in [0.05, 0.1) is 21.5 Å². The Balaban J connectivity index is 1.78. The molecule has 0 aliphatic carbocycles. The molecule has 6 nitrogen and oxygen atoms in total. The van der Waals surface area contributed by atoms with Gasteiger partial charge in [0, 0.05) is 5.56 Å². The second kappa shape index (κ2) is 8.12. The molecule has 4 rings (SSSR count). The summed E-state index contributed by atoms with van der Waals surface area (Å²) in [4.78, 5) is 19.5. The van der Waals surface area contributed by atoms with Crippen molar-refractivity contribution in [1.29, 1.82) is 0 Å². The van der Waals surface area contributed by atoms with Crippen molar-refractivity contribution >= 4 is 32.8 Å². The number of sulfonamides is 1. The molecule has 0 radical (unpaired) electrons. The van der Waals surface area contributed by atoms with Gasteiger partial charge in [0.1, 0.15) is 6.54 Å². The van der Waals surface area contributed by atoms with Crippen LogP contribution in [0.2, 0.25) is 0 Å². The summed E-state index contributed by atoms with van der Waals surface area (Å²) >= 11 is 0. The predicted molar refractivity (Wildman–Crippen MR) is 113 cm³/mol. The zero-order chi connectivity index (χ0) is 22.9. The molecule has 1 N–H and O–H groups in total. The van der Waals surface area contributed by atoms with Crippen molar-refractivity contribution < 1.29 is 26.4 Å². The number of alkyl halides is 3. The van der Waals surface area contributed by atoms with Gasteiger partial charge in [0.15, 0.2) is 5.78 Å². The van der Waals surface area contributed by atoms with Gasteiger partial charge in [-0.1, -0.05) is 42.5 Å². The van der Waals surface area contributed by atoms with Crippen molar-refractivity contribution in [2.24, 2.45) is 0 Å². The summed E-state index contributed by atoms with van der Waals surface area (Å²) in [6.45, 7) is -0.590. The topological polar surface area (TPSA) is 83.1 Å². The number of carbonyl (C=O) groups is 1. The third kappa shape index (κ3) is 4.22. The molecule has 0 aliphatic heterocycles. The van der Waals surface area contributed by atoms with Crippen LogP contribution in [0.5, 0.6) is 0 Å². The minimum absolute atomic E-state index is 0.115. The lowest BCUT2D eigenvalue weighted by Crippen LogP contribution is -2.36. The minimum Gasteiger partial charge on any atom is -0.323 e. The third-order valence-electron chi connectivity index (χ3n) is 4.77. The fourth-order valence-corrected chi connectivity index (χ4v) is 4.46. The number of aromatic nitrogens is 2. The molecule has 0 unspecified atom stereocenters. The lowest BCUT2D eigenvalue weighted by molar-refractivity contribution is -0.137. The molecular formula is C22H16F3N3O3S. The largest absolute Gasteiger partial charge is 0.416 e. The summed E-state index contributed by atoms with van der Waals surface area (Å²) in [6.07, 6.45) is -4.61. The first kappa shape index (κ1) is 21.6. The highest BCUT2D eigenvalue weighted by Gasteiger charge is 2.33. The SMILES string of the molecule is O=C(CN(c1nc2ccccc2[nH]1)S(=O)(=O)c1ccc(C(F)(F)F)cc1)c1ccccc1. The molecule has 3 aromatic carbocycles. The molecule has 1 aromatic heterocycles. The number of aromatic amines is 1. The Morgan fingerprint density at radius 1 is 0.906 bits per heavy atom. The number of carbonyl (C=O) groups excluding carboxylic acids is 1. The first-order chi connectivity index (χ1) is 15.2. The van der Waals surface area contributed by atoms with Crippen LogP contribution in [0.15, 0.2) is 83.8 Å². The molecule has 0 aliphatic rings. The maximum absolute atomic E-state index is 13.4. The van der Waals surface area contributed by atoms with E-state index < -0.39 is 39.0 Å². The molecule has 0 spiro atoms. The number of para-hydroxylation sites is 2. The summed E-state index contributed by atoms with van der Waals surface area (Å²) < 4.78 is 66.2. The predicted octanol–water partition coefficient (Wildman–Crippen LogP) is 4.66. The molecule has 0 saturated heterocycles. The molecule has 0 atom stereocenters. The van der Waals surface area contributed by atoms with Crippen LogP contribution in [-0.4, -0.2) is 30.7 Å². The number of H-pyrrole nitrogens is 1. The number of halogens is 3. The van der Waals surface area contributed by atoms with Crippen molar-refractivity contribution in [3.63, 3.8) is 0 Å². The van der Waals surface area contributed by atoms with Crippen LogP contribution in [0.1, 0.15) is 15.9 Å². The number of fused-ring (bicyclic) bond motifs is 1. The van der Waals surface area contributed by atoms with E-state index >= 15 is 0 Å². The number of anilines is 1. The fraction of sp³-hybridized carbons (Fsp3) is 0.0909. The minimum atomic E-state index is -4.61. The summed E-state index contributed by atoms with van der Waals surface area (Å²) in [5.41, 5.74) is 0.327. The Morgan fingerprint density at radius 2 is 1.53 bits per heavy atom. The van der Waals surface area contributed by atoms with Crippen molar-refractivity contribution in [3.8, 4) is 0 Å². The van der Waals surface area contributed by atoms with Crippen molar-refractivity contribution in [1.82, 2.24) is 9.97 Å². The van der Waals surface area contributed by atoms with Gasteiger partial charge >= 0.3 is 6.18 Å². The lowest BCUT2D eigenvalue weighted by Gasteiger charge is -2.21. The normalized spacial score (nSPS) is 12.1. The van der Waals surface area contributed by atoms with E-state index in [2.05, 4.69) is 9.97 Å². The van der Waals surface area contributed by atoms with Crippen molar-refractivity contribution in [2.75, 3.05) is 10.8 Å². The molecule has 0 fully saturated rings. The van der Waals surface area contributed by atoms with E-state index in [0.29, 0.717) is 23.2 Å². The van der Waals surface area contributed by atoms with Gasteiger partial charge in [0.25, 0.3) is 10.0 Å². The molecule has 0 bridgehead atoms. The number of imidazole rings is 1. The van der Waals surface area contributed by atoms with Gasteiger partial charge in [-0.15, -0.1) is 0 Å². The second-order valence-electron chi connectivity index (χ2n) is 6.90. The van der Waals surface area contributed by atoms with Gasteiger partial charge in [-0.3, -0.25) is 4.79 Å². The van der Waals surface area contributed by atoms with Gasteiger partial charge in [0.2, 0.25) is 5.95 Å². The first-order valence-corrected chi connectivity index (χ1v) is 10.8. The Labute approximate surface area is 181 Å². The van der Waals surface area contributed by atoms with E-state index in [1.807, 2.05) is 0 Å². The zero-order valence-electron chi connectivity index (χ0n) is 16.4. The Kier molecular flexibility index (Phi) is 5.47. The van der Waals surface area contributed by atoms with E-state index in [0.717, 1.165) is 16.4 Å². The standard InChI is InChI=1S/C22H16F3N3O3S/c23-22(24,25)16-10-12-17(13-11-16)32(30,31)28(14-20(29)15-6-2-1-3-7-15)21-26-18-8-4-5-9-19(18)27-21/h1-13H,14H2,(H,26,27). The second-order valence-corrected chi connectivity index (χ2v) is 8.76. The molecule has 0 amide bonds. The number of nitrogens with zero attached hydrogens (tertiary/aromatic N) is 2.